The maximum atomic E-state index is 11.0. The van der Waals surface area contributed by atoms with Gasteiger partial charge in [0.15, 0.2) is 5.69 Å². The van der Waals surface area contributed by atoms with Crippen molar-refractivity contribution >= 4 is 18.3 Å². The van der Waals surface area contributed by atoms with E-state index in [4.69, 9.17) is 19.7 Å². The maximum Gasteiger partial charge on any atom is 0.354 e. The van der Waals surface area contributed by atoms with Gasteiger partial charge in [0.25, 0.3) is 6.47 Å². The van der Waals surface area contributed by atoms with Crippen molar-refractivity contribution in [1.82, 2.24) is 4.98 Å². The summed E-state index contributed by atoms with van der Waals surface area (Å²) in [6.07, 6.45) is 0.609. The molecule has 0 bridgehead atoms. The van der Waals surface area contributed by atoms with Gasteiger partial charge in [-0.2, -0.15) is 0 Å². The molecular weight excluding hydrogens is 344 g/mol. The van der Waals surface area contributed by atoms with Gasteiger partial charge in [0.1, 0.15) is 17.5 Å². The van der Waals surface area contributed by atoms with Gasteiger partial charge in [0, 0.05) is 19.5 Å². The van der Waals surface area contributed by atoms with E-state index in [-0.39, 0.29) is 12.2 Å². The molecule has 0 radical (unpaired) electrons. The third-order valence-corrected chi connectivity index (χ3v) is 4.97. The summed E-state index contributed by atoms with van der Waals surface area (Å²) in [4.78, 5) is 25.5. The minimum Gasteiger partial charge on any atom is -0.483 e. The van der Waals surface area contributed by atoms with Crippen molar-refractivity contribution < 1.29 is 34.8 Å². The highest BCUT2D eigenvalue weighted by Crippen LogP contribution is 2.40. The number of aliphatic hydroxyl groups is 2. The molecule has 1 spiro atoms. The van der Waals surface area contributed by atoms with Crippen molar-refractivity contribution in [2.24, 2.45) is 0 Å². The number of anilines is 1. The Morgan fingerprint density at radius 1 is 1.35 bits per heavy atom. The lowest BCUT2D eigenvalue weighted by atomic mass is 9.75. The quantitative estimate of drug-likeness (QED) is 0.544. The van der Waals surface area contributed by atoms with Gasteiger partial charge in [-0.15, -0.1) is 0 Å². The first kappa shape index (κ1) is 20.1. The third-order valence-electron chi connectivity index (χ3n) is 4.97. The highest BCUT2D eigenvalue weighted by molar-refractivity contribution is 5.85. The first-order valence-electron chi connectivity index (χ1n) is 8.33. The number of piperidine rings is 1. The van der Waals surface area contributed by atoms with Crippen molar-refractivity contribution in [1.29, 1.82) is 0 Å². The molecule has 2 aliphatic heterocycles. The topological polar surface area (TPSA) is 140 Å². The molecule has 0 unspecified atom stereocenters. The molecule has 3 heterocycles. The smallest absolute Gasteiger partial charge is 0.354 e. The summed E-state index contributed by atoms with van der Waals surface area (Å²) in [5.74, 6) is -0.445. The monoisotopic (exact) mass is 368 g/mol. The second-order valence-corrected chi connectivity index (χ2v) is 6.70. The zero-order chi connectivity index (χ0) is 19.4. The summed E-state index contributed by atoms with van der Waals surface area (Å²) >= 11 is 0. The number of hydrogen-bond donors (Lipinski definition) is 4. The number of nitrogens with zero attached hydrogens (tertiary/aromatic N) is 2. The number of hydrogen-bond acceptors (Lipinski definition) is 7. The van der Waals surface area contributed by atoms with Gasteiger partial charge in [-0.1, -0.05) is 6.07 Å². The van der Waals surface area contributed by atoms with Crippen LogP contribution in [0.1, 0.15) is 36.7 Å². The Kier molecular flexibility index (Phi) is 6.17. The molecule has 2 saturated heterocycles. The third kappa shape index (κ3) is 4.12. The van der Waals surface area contributed by atoms with E-state index in [2.05, 4.69) is 4.98 Å². The molecule has 9 nitrogen and oxygen atoms in total. The fourth-order valence-electron chi connectivity index (χ4n) is 3.49. The first-order chi connectivity index (χ1) is 12.3. The Labute approximate surface area is 150 Å². The minimum absolute atomic E-state index is 0.0136. The van der Waals surface area contributed by atoms with Crippen molar-refractivity contribution in [2.75, 3.05) is 24.6 Å². The van der Waals surface area contributed by atoms with E-state index in [1.54, 1.807) is 19.1 Å². The van der Waals surface area contributed by atoms with Gasteiger partial charge in [0.2, 0.25) is 0 Å². The second kappa shape index (κ2) is 7.98. The van der Waals surface area contributed by atoms with Crippen LogP contribution in [0.15, 0.2) is 18.2 Å². The van der Waals surface area contributed by atoms with E-state index in [9.17, 15) is 15.0 Å². The molecule has 26 heavy (non-hydrogen) atoms. The lowest BCUT2D eigenvalue weighted by Crippen LogP contribution is -2.64. The first-order valence-corrected chi connectivity index (χ1v) is 8.33. The van der Waals surface area contributed by atoms with Crippen LogP contribution in [0, 0.1) is 0 Å². The van der Waals surface area contributed by atoms with Gasteiger partial charge in [0.05, 0.1) is 12.2 Å². The predicted molar refractivity (Wildman–Crippen MR) is 91.3 cm³/mol. The van der Waals surface area contributed by atoms with Gasteiger partial charge >= 0.3 is 5.97 Å². The number of carbonyl (C=O) groups is 2. The van der Waals surface area contributed by atoms with Crippen LogP contribution in [-0.4, -0.2) is 74.9 Å². The Hall–Kier alpha value is -2.23. The Balaban J connectivity index is 0.000000758. The summed E-state index contributed by atoms with van der Waals surface area (Å²) in [6.45, 7) is 3.00. The average Bonchev–Trinajstić information content (AvgIpc) is 2.61. The molecule has 3 rings (SSSR count). The molecule has 144 valence electrons. The van der Waals surface area contributed by atoms with Gasteiger partial charge in [-0.25, -0.2) is 9.78 Å². The van der Waals surface area contributed by atoms with E-state index >= 15 is 0 Å². The molecule has 2 fully saturated rings. The van der Waals surface area contributed by atoms with Crippen molar-refractivity contribution in [2.45, 2.75) is 43.5 Å². The second-order valence-electron chi connectivity index (χ2n) is 6.70. The summed E-state index contributed by atoms with van der Waals surface area (Å²) in [5.41, 5.74) is -1.86. The number of rotatable bonds is 2. The van der Waals surface area contributed by atoms with Gasteiger partial charge < -0.3 is 30.1 Å². The highest BCUT2D eigenvalue weighted by atomic mass is 16.5. The molecular formula is C17H24N2O7. The van der Waals surface area contributed by atoms with Crippen LogP contribution in [0.3, 0.4) is 0 Å². The average molecular weight is 368 g/mol. The molecule has 0 aromatic carbocycles. The van der Waals surface area contributed by atoms with Crippen LogP contribution in [0.2, 0.25) is 0 Å². The molecule has 9 heteroatoms. The van der Waals surface area contributed by atoms with Crippen molar-refractivity contribution in [3.8, 4) is 0 Å². The molecule has 2 aliphatic rings. The number of pyridine rings is 1. The Bertz CT molecular complexity index is 642. The summed E-state index contributed by atoms with van der Waals surface area (Å²) < 4.78 is 5.85. The lowest BCUT2D eigenvalue weighted by Gasteiger charge is -2.51. The van der Waals surface area contributed by atoms with E-state index in [0.29, 0.717) is 44.8 Å². The van der Waals surface area contributed by atoms with Gasteiger partial charge in [-0.05, 0) is 31.9 Å². The largest absolute Gasteiger partial charge is 0.483 e. The standard InChI is InChI=1S/C16H22N2O5.CH2O2/c1-15(22)7-10-23-16(14(15)21)5-8-18(9-6-16)12-4-2-3-11(17-12)13(19)20;2-1-3/h2-4,14,21-22H,5-10H2,1H3,(H,19,20);1H,(H,2,3)/t14-,15+;/m0./s1. The Morgan fingerprint density at radius 2 is 1.96 bits per heavy atom. The summed E-state index contributed by atoms with van der Waals surface area (Å²) in [7, 11) is 0. The molecule has 1 aromatic rings. The lowest BCUT2D eigenvalue weighted by molar-refractivity contribution is -0.239. The zero-order valence-electron chi connectivity index (χ0n) is 14.5. The maximum absolute atomic E-state index is 11.0. The number of aromatic carboxylic acids is 1. The number of aliphatic hydroxyl groups excluding tert-OH is 1. The highest BCUT2D eigenvalue weighted by Gasteiger charge is 2.52. The van der Waals surface area contributed by atoms with Crippen LogP contribution >= 0.6 is 0 Å². The van der Waals surface area contributed by atoms with Crippen molar-refractivity contribution in [3.63, 3.8) is 0 Å². The zero-order valence-corrected chi connectivity index (χ0v) is 14.5. The summed E-state index contributed by atoms with van der Waals surface area (Å²) in [6, 6.07) is 4.91. The number of ether oxygens (including phenoxy) is 1. The number of carboxylic acids is 1. The normalized spacial score (nSPS) is 27.3. The van der Waals surface area contributed by atoms with E-state index in [0.717, 1.165) is 0 Å². The van der Waals surface area contributed by atoms with E-state index < -0.39 is 23.3 Å². The van der Waals surface area contributed by atoms with Crippen LogP contribution in [0.25, 0.3) is 0 Å². The van der Waals surface area contributed by atoms with Crippen LogP contribution in [-0.2, 0) is 9.53 Å². The van der Waals surface area contributed by atoms with E-state index in [1.807, 2.05) is 4.90 Å². The molecule has 2 atom stereocenters. The summed E-state index contributed by atoms with van der Waals surface area (Å²) in [5, 5.41) is 36.7. The molecule has 0 aliphatic carbocycles. The molecule has 0 saturated carbocycles. The number of aromatic nitrogens is 1. The molecule has 1 aromatic heterocycles. The molecule has 4 N–H and O–H groups in total. The predicted octanol–water partition coefficient (Wildman–Crippen LogP) is 0.352. The van der Waals surface area contributed by atoms with Crippen LogP contribution in [0.4, 0.5) is 5.82 Å². The number of carboxylic acid groups (broad SMARTS) is 2. The minimum atomic E-state index is -1.14. The van der Waals surface area contributed by atoms with Gasteiger partial charge in [-0.3, -0.25) is 4.79 Å². The SMILES string of the molecule is C[C@@]1(O)CCOC2(CCN(c3cccc(C(=O)O)n3)CC2)[C@H]1O.O=CO. The van der Waals surface area contributed by atoms with Crippen molar-refractivity contribution in [3.05, 3.63) is 23.9 Å². The Morgan fingerprint density at radius 3 is 2.54 bits per heavy atom. The van der Waals surface area contributed by atoms with E-state index in [1.165, 1.54) is 6.07 Å². The van der Waals surface area contributed by atoms with Crippen LogP contribution in [0.5, 0.6) is 0 Å². The molecule has 0 amide bonds. The fraction of sp³-hybridized carbons (Fsp3) is 0.588. The fourth-order valence-corrected chi connectivity index (χ4v) is 3.49. The van der Waals surface area contributed by atoms with Crippen LogP contribution < -0.4 is 4.90 Å².